The van der Waals surface area contributed by atoms with Crippen LogP contribution < -0.4 is 5.73 Å². The molecule has 2 fully saturated rings. The van der Waals surface area contributed by atoms with Gasteiger partial charge in [0.05, 0.1) is 19.3 Å². The maximum Gasteiger partial charge on any atom is 0.409 e. The Hall–Kier alpha value is -1.34. The number of amides is 2. The van der Waals surface area contributed by atoms with Crippen LogP contribution in [0.4, 0.5) is 4.79 Å². The lowest BCUT2D eigenvalue weighted by Gasteiger charge is -2.36. The predicted octanol–water partition coefficient (Wildman–Crippen LogP) is 0.431. The lowest BCUT2D eigenvalue weighted by Crippen LogP contribution is -2.56. The zero-order valence-corrected chi connectivity index (χ0v) is 13.3. The van der Waals surface area contributed by atoms with Crippen molar-refractivity contribution >= 4 is 12.0 Å². The highest BCUT2D eigenvalue weighted by Crippen LogP contribution is 2.17. The normalized spacial score (nSPS) is 23.5. The number of hydrogen-bond donors (Lipinski definition) is 1. The molecule has 2 N–H and O–H groups in total. The summed E-state index contributed by atoms with van der Waals surface area (Å²) in [6, 6.07) is -0.495. The van der Waals surface area contributed by atoms with Gasteiger partial charge < -0.3 is 25.0 Å². The van der Waals surface area contributed by atoms with Crippen molar-refractivity contribution in [3.63, 3.8) is 0 Å². The third-order valence-corrected chi connectivity index (χ3v) is 4.33. The molecular weight excluding hydrogens is 286 g/mol. The molecule has 0 saturated carbocycles. The van der Waals surface area contributed by atoms with Gasteiger partial charge in [-0.1, -0.05) is 13.3 Å². The third kappa shape index (κ3) is 4.33. The standard InChI is InChI=1S/C15H27N3O4/c1-2-3-9-22-15(20)18-7-5-17(6-8-18)14(19)13(16)12-4-10-21-11-12/h12-13H,2-11,16H2,1H3. The van der Waals surface area contributed by atoms with Crippen molar-refractivity contribution in [2.75, 3.05) is 46.0 Å². The van der Waals surface area contributed by atoms with Gasteiger partial charge in [-0.2, -0.15) is 0 Å². The summed E-state index contributed by atoms with van der Waals surface area (Å²) in [7, 11) is 0. The van der Waals surface area contributed by atoms with E-state index in [9.17, 15) is 9.59 Å². The minimum Gasteiger partial charge on any atom is -0.449 e. The number of nitrogens with two attached hydrogens (primary N) is 1. The van der Waals surface area contributed by atoms with Crippen molar-refractivity contribution in [3.8, 4) is 0 Å². The topological polar surface area (TPSA) is 85.1 Å². The molecule has 0 aromatic rings. The third-order valence-electron chi connectivity index (χ3n) is 4.33. The average Bonchev–Trinajstić information content (AvgIpc) is 3.08. The van der Waals surface area contributed by atoms with Gasteiger partial charge in [-0.05, 0) is 12.8 Å². The van der Waals surface area contributed by atoms with Crippen LogP contribution in [-0.4, -0.2) is 73.8 Å². The quantitative estimate of drug-likeness (QED) is 0.744. The average molecular weight is 313 g/mol. The van der Waals surface area contributed by atoms with Crippen LogP contribution in [0.15, 0.2) is 0 Å². The molecule has 7 nitrogen and oxygen atoms in total. The van der Waals surface area contributed by atoms with E-state index >= 15 is 0 Å². The van der Waals surface area contributed by atoms with Crippen LogP contribution in [0.1, 0.15) is 26.2 Å². The highest BCUT2D eigenvalue weighted by Gasteiger charge is 2.33. The van der Waals surface area contributed by atoms with Crippen molar-refractivity contribution in [3.05, 3.63) is 0 Å². The Bertz CT molecular complexity index is 377. The molecule has 2 aliphatic heterocycles. The van der Waals surface area contributed by atoms with Crippen molar-refractivity contribution < 1.29 is 19.1 Å². The summed E-state index contributed by atoms with van der Waals surface area (Å²) in [6.45, 7) is 5.80. The molecule has 2 aliphatic rings. The van der Waals surface area contributed by atoms with E-state index in [1.54, 1.807) is 9.80 Å². The van der Waals surface area contributed by atoms with Gasteiger partial charge >= 0.3 is 6.09 Å². The number of rotatable bonds is 5. The summed E-state index contributed by atoms with van der Waals surface area (Å²) in [4.78, 5) is 27.6. The summed E-state index contributed by atoms with van der Waals surface area (Å²) in [5.41, 5.74) is 6.05. The first-order chi connectivity index (χ1) is 10.6. The molecule has 0 spiro atoms. The molecule has 2 atom stereocenters. The van der Waals surface area contributed by atoms with Gasteiger partial charge in [0.25, 0.3) is 0 Å². The van der Waals surface area contributed by atoms with E-state index in [1.807, 2.05) is 0 Å². The zero-order valence-electron chi connectivity index (χ0n) is 13.3. The molecule has 0 aromatic carbocycles. The Morgan fingerprint density at radius 3 is 2.55 bits per heavy atom. The second-order valence-electron chi connectivity index (χ2n) is 5.93. The fraction of sp³-hybridized carbons (Fsp3) is 0.867. The van der Waals surface area contributed by atoms with E-state index in [2.05, 4.69) is 6.92 Å². The second kappa shape index (κ2) is 8.33. The Balaban J connectivity index is 1.74. The number of piperazine rings is 1. The van der Waals surface area contributed by atoms with Crippen LogP contribution in [0.25, 0.3) is 0 Å². The molecule has 0 aliphatic carbocycles. The molecule has 22 heavy (non-hydrogen) atoms. The molecule has 2 amide bonds. The molecule has 0 bridgehead atoms. The number of ether oxygens (including phenoxy) is 2. The van der Waals surface area contributed by atoms with Crippen molar-refractivity contribution in [1.29, 1.82) is 0 Å². The number of hydrogen-bond acceptors (Lipinski definition) is 5. The molecular formula is C15H27N3O4. The fourth-order valence-corrected chi connectivity index (χ4v) is 2.75. The number of unbranched alkanes of at least 4 members (excludes halogenated alkanes) is 1. The van der Waals surface area contributed by atoms with E-state index in [-0.39, 0.29) is 17.9 Å². The summed E-state index contributed by atoms with van der Waals surface area (Å²) in [6.07, 6.45) is 2.44. The maximum atomic E-state index is 12.4. The lowest BCUT2D eigenvalue weighted by atomic mass is 9.98. The summed E-state index contributed by atoms with van der Waals surface area (Å²) in [5, 5.41) is 0. The fourth-order valence-electron chi connectivity index (χ4n) is 2.75. The van der Waals surface area contributed by atoms with E-state index in [1.165, 1.54) is 0 Å². The minimum atomic E-state index is -0.495. The SMILES string of the molecule is CCCCOC(=O)N1CCN(C(=O)C(N)C2CCOC2)CC1. The number of carbonyl (C=O) groups excluding carboxylic acids is 2. The largest absolute Gasteiger partial charge is 0.449 e. The number of carbonyl (C=O) groups is 2. The van der Waals surface area contributed by atoms with Gasteiger partial charge in [-0.3, -0.25) is 4.79 Å². The Labute approximate surface area is 131 Å². The first-order valence-corrected chi connectivity index (χ1v) is 8.17. The van der Waals surface area contributed by atoms with Crippen molar-refractivity contribution in [1.82, 2.24) is 9.80 Å². The summed E-state index contributed by atoms with van der Waals surface area (Å²) in [5.74, 6) is 0.0824. The molecule has 2 saturated heterocycles. The highest BCUT2D eigenvalue weighted by atomic mass is 16.6. The van der Waals surface area contributed by atoms with Gasteiger partial charge in [-0.25, -0.2) is 4.79 Å². The van der Waals surface area contributed by atoms with Crippen molar-refractivity contribution in [2.24, 2.45) is 11.7 Å². The van der Waals surface area contributed by atoms with Crippen LogP contribution in [0, 0.1) is 5.92 Å². The predicted molar refractivity (Wildman–Crippen MR) is 81.3 cm³/mol. The van der Waals surface area contributed by atoms with Gasteiger partial charge in [0.2, 0.25) is 5.91 Å². The highest BCUT2D eigenvalue weighted by molar-refractivity contribution is 5.82. The van der Waals surface area contributed by atoms with Crippen LogP contribution in [0.3, 0.4) is 0 Å². The second-order valence-corrected chi connectivity index (χ2v) is 5.93. The molecule has 7 heteroatoms. The smallest absolute Gasteiger partial charge is 0.409 e. The number of nitrogens with zero attached hydrogens (tertiary/aromatic N) is 2. The van der Waals surface area contributed by atoms with Crippen molar-refractivity contribution in [2.45, 2.75) is 32.2 Å². The summed E-state index contributed by atoms with van der Waals surface area (Å²) >= 11 is 0. The van der Waals surface area contributed by atoms with Crippen LogP contribution in [-0.2, 0) is 14.3 Å². The van der Waals surface area contributed by atoms with E-state index < -0.39 is 6.04 Å². The lowest BCUT2D eigenvalue weighted by molar-refractivity contribution is -0.135. The summed E-state index contributed by atoms with van der Waals surface area (Å²) < 4.78 is 10.5. The molecule has 2 unspecified atom stereocenters. The van der Waals surface area contributed by atoms with Gasteiger partial charge in [0.1, 0.15) is 0 Å². The molecule has 0 radical (unpaired) electrons. The Morgan fingerprint density at radius 2 is 1.95 bits per heavy atom. The first kappa shape index (κ1) is 17.0. The zero-order chi connectivity index (χ0) is 15.9. The molecule has 126 valence electrons. The molecule has 2 rings (SSSR count). The van der Waals surface area contributed by atoms with Crippen LogP contribution in [0.5, 0.6) is 0 Å². The Morgan fingerprint density at radius 1 is 1.27 bits per heavy atom. The van der Waals surface area contributed by atoms with E-state index in [0.717, 1.165) is 19.3 Å². The van der Waals surface area contributed by atoms with Gasteiger partial charge in [0.15, 0.2) is 0 Å². The van der Waals surface area contributed by atoms with Gasteiger partial charge in [-0.15, -0.1) is 0 Å². The van der Waals surface area contributed by atoms with E-state index in [4.69, 9.17) is 15.2 Å². The maximum absolute atomic E-state index is 12.4. The Kier molecular flexibility index (Phi) is 6.45. The molecule has 2 heterocycles. The van der Waals surface area contributed by atoms with Crippen LogP contribution in [0.2, 0.25) is 0 Å². The van der Waals surface area contributed by atoms with Gasteiger partial charge in [0, 0.05) is 38.7 Å². The first-order valence-electron chi connectivity index (χ1n) is 8.17. The molecule has 0 aromatic heterocycles. The van der Waals surface area contributed by atoms with Crippen LogP contribution >= 0.6 is 0 Å². The monoisotopic (exact) mass is 313 g/mol. The van der Waals surface area contributed by atoms with E-state index in [0.29, 0.717) is 46.0 Å². The minimum absolute atomic E-state index is 0.0329.